The van der Waals surface area contributed by atoms with E-state index in [4.69, 9.17) is 4.74 Å². The van der Waals surface area contributed by atoms with Crippen molar-refractivity contribution in [2.24, 2.45) is 0 Å². The molecule has 0 spiro atoms. The molecule has 0 aromatic carbocycles. The van der Waals surface area contributed by atoms with E-state index in [0.29, 0.717) is 5.57 Å². The van der Waals surface area contributed by atoms with Gasteiger partial charge in [-0.15, -0.1) is 0 Å². The van der Waals surface area contributed by atoms with E-state index in [-0.39, 0.29) is 5.97 Å². The van der Waals surface area contributed by atoms with E-state index >= 15 is 0 Å². The van der Waals surface area contributed by atoms with Crippen molar-refractivity contribution in [2.45, 2.75) is 45.9 Å². The Morgan fingerprint density at radius 1 is 1.54 bits per heavy atom. The second kappa shape index (κ2) is 5.10. The summed E-state index contributed by atoms with van der Waals surface area (Å²) >= 11 is 0. The van der Waals surface area contributed by atoms with Crippen LogP contribution in [0.2, 0.25) is 12.6 Å². The van der Waals surface area contributed by atoms with E-state index in [2.05, 4.69) is 20.8 Å². The van der Waals surface area contributed by atoms with Gasteiger partial charge in [-0.1, -0.05) is 19.8 Å². The van der Waals surface area contributed by atoms with Crippen molar-refractivity contribution in [3.05, 3.63) is 12.2 Å². The topological polar surface area (TPSA) is 26.3 Å². The van der Waals surface area contributed by atoms with Crippen LogP contribution in [0.15, 0.2) is 12.2 Å². The highest BCUT2D eigenvalue weighted by Crippen LogP contribution is 2.16. The van der Waals surface area contributed by atoms with E-state index < -0.39 is 5.60 Å². The van der Waals surface area contributed by atoms with Gasteiger partial charge in [-0.3, -0.25) is 0 Å². The largest absolute Gasteiger partial charge is 0.457 e. The minimum Gasteiger partial charge on any atom is -0.457 e. The molecule has 0 fully saturated rings. The first-order valence-electron chi connectivity index (χ1n) is 4.59. The van der Waals surface area contributed by atoms with Crippen LogP contribution in [-0.2, 0) is 9.53 Å². The Balaban J connectivity index is 4.00. The Hall–Kier alpha value is -0.725. The van der Waals surface area contributed by atoms with E-state index in [1.54, 1.807) is 6.92 Å². The fourth-order valence-electron chi connectivity index (χ4n) is 0.872. The maximum atomic E-state index is 11.2. The van der Waals surface area contributed by atoms with Crippen LogP contribution in [0.25, 0.3) is 0 Å². The minimum absolute atomic E-state index is 0.311. The van der Waals surface area contributed by atoms with Crippen LogP contribution in [0, 0.1) is 0 Å². The normalized spacial score (nSPS) is 10.8. The molecule has 0 heterocycles. The maximum absolute atomic E-state index is 11.2. The summed E-state index contributed by atoms with van der Waals surface area (Å²) in [5.74, 6) is -0.311. The first-order valence-corrected chi connectivity index (χ1v) is 4.59. The molecule has 0 bridgehead atoms. The average molecular weight is 181 g/mol. The van der Waals surface area contributed by atoms with Gasteiger partial charge in [-0.05, 0) is 27.1 Å². The molecule has 0 aliphatic carbocycles. The summed E-state index contributed by atoms with van der Waals surface area (Å²) in [4.78, 5) is 11.2. The summed E-state index contributed by atoms with van der Waals surface area (Å²) in [5.41, 5.74) is 0.0380. The van der Waals surface area contributed by atoms with Gasteiger partial charge < -0.3 is 4.74 Å². The lowest BCUT2D eigenvalue weighted by atomic mass is 9.66. The zero-order chi connectivity index (χ0) is 10.5. The van der Waals surface area contributed by atoms with Gasteiger partial charge in [0.25, 0.3) is 0 Å². The van der Waals surface area contributed by atoms with Crippen LogP contribution in [0.1, 0.15) is 27.7 Å². The van der Waals surface area contributed by atoms with Gasteiger partial charge >= 0.3 is 5.97 Å². The second-order valence-electron chi connectivity index (χ2n) is 3.83. The number of carbonyl (C=O) groups excluding carboxylic acids is 1. The summed E-state index contributed by atoms with van der Waals surface area (Å²) < 4.78 is 5.23. The molecule has 0 amide bonds. The molecule has 0 saturated carbocycles. The van der Waals surface area contributed by atoms with Crippen molar-refractivity contribution in [1.82, 2.24) is 0 Å². The highest BCUT2D eigenvalue weighted by atomic mass is 16.6. The molecule has 0 rings (SSSR count). The molecule has 0 aliphatic heterocycles. The Morgan fingerprint density at radius 2 is 2.08 bits per heavy atom. The number of carbonyl (C=O) groups is 1. The molecule has 1 radical (unpaired) electrons. The van der Waals surface area contributed by atoms with E-state index in [9.17, 15) is 4.79 Å². The summed E-state index contributed by atoms with van der Waals surface area (Å²) in [6.07, 6.45) is 1.77. The molecular formula is C10H18BO2. The highest BCUT2D eigenvalue weighted by Gasteiger charge is 2.22. The zero-order valence-corrected chi connectivity index (χ0v) is 9.02. The summed E-state index contributed by atoms with van der Waals surface area (Å²) in [6, 6.07) is 0. The Bertz CT molecular complexity index is 197. The second-order valence-corrected chi connectivity index (χ2v) is 3.83. The van der Waals surface area contributed by atoms with Gasteiger partial charge in [-0.2, -0.15) is 0 Å². The van der Waals surface area contributed by atoms with Crippen molar-refractivity contribution >= 4 is 13.2 Å². The fraction of sp³-hybridized carbons (Fsp3) is 0.700. The monoisotopic (exact) mass is 181 g/mol. The van der Waals surface area contributed by atoms with E-state index in [1.165, 1.54) is 0 Å². The number of ether oxygens (including phenoxy) is 1. The van der Waals surface area contributed by atoms with Gasteiger partial charge in [-0.25, -0.2) is 4.79 Å². The number of esters is 1. The van der Waals surface area contributed by atoms with Crippen molar-refractivity contribution < 1.29 is 9.53 Å². The van der Waals surface area contributed by atoms with Crippen LogP contribution in [0.5, 0.6) is 0 Å². The van der Waals surface area contributed by atoms with Gasteiger partial charge in [0, 0.05) is 5.57 Å². The molecule has 0 aliphatic rings. The first-order chi connectivity index (χ1) is 5.89. The molecule has 3 heteroatoms. The van der Waals surface area contributed by atoms with Crippen LogP contribution >= 0.6 is 0 Å². The van der Waals surface area contributed by atoms with E-state index in [1.807, 2.05) is 13.8 Å². The number of hydrogen-bond donors (Lipinski definition) is 0. The average Bonchev–Trinajstić information content (AvgIpc) is 2.00. The lowest BCUT2D eigenvalue weighted by Crippen LogP contribution is -2.29. The van der Waals surface area contributed by atoms with Crippen LogP contribution in [0.3, 0.4) is 0 Å². The van der Waals surface area contributed by atoms with Crippen LogP contribution in [0.4, 0.5) is 0 Å². The first kappa shape index (κ1) is 12.3. The third-order valence-corrected chi connectivity index (χ3v) is 1.64. The standard InChI is InChI=1S/C10H18BO2/c1-6-11-7-10(4,5)13-9(12)8(2)3/h2,6-7H2,1,3-5H3. The van der Waals surface area contributed by atoms with Crippen molar-refractivity contribution in [1.29, 1.82) is 0 Å². The maximum Gasteiger partial charge on any atom is 0.333 e. The van der Waals surface area contributed by atoms with Gasteiger partial charge in [0.15, 0.2) is 0 Å². The number of hydrogen-bond acceptors (Lipinski definition) is 2. The molecule has 2 nitrogen and oxygen atoms in total. The van der Waals surface area contributed by atoms with Gasteiger partial charge in [0.2, 0.25) is 0 Å². The molecule has 0 unspecified atom stereocenters. The predicted molar refractivity (Wildman–Crippen MR) is 56.0 cm³/mol. The predicted octanol–water partition coefficient (Wildman–Crippen LogP) is 2.45. The third kappa shape index (κ3) is 5.50. The molecule has 13 heavy (non-hydrogen) atoms. The zero-order valence-electron chi connectivity index (χ0n) is 9.02. The molecule has 73 valence electrons. The fourth-order valence-corrected chi connectivity index (χ4v) is 0.872. The lowest BCUT2D eigenvalue weighted by Gasteiger charge is -2.24. The summed E-state index contributed by atoms with van der Waals surface area (Å²) in [5, 5.41) is 0. The quantitative estimate of drug-likeness (QED) is 0.370. The highest BCUT2D eigenvalue weighted by molar-refractivity contribution is 6.35. The molecule has 0 aromatic rings. The molecule has 0 aromatic heterocycles. The lowest BCUT2D eigenvalue weighted by molar-refractivity contribution is -0.149. The van der Waals surface area contributed by atoms with Crippen molar-refractivity contribution in [3.63, 3.8) is 0 Å². The van der Waals surface area contributed by atoms with Crippen LogP contribution in [-0.4, -0.2) is 18.8 Å². The van der Waals surface area contributed by atoms with Crippen LogP contribution < -0.4 is 0 Å². The smallest absolute Gasteiger partial charge is 0.333 e. The molecule has 0 N–H and O–H groups in total. The SMILES string of the molecule is C=C(C)C(=O)OC(C)(C)C[B]CC. The van der Waals surface area contributed by atoms with Crippen molar-refractivity contribution in [3.8, 4) is 0 Å². The minimum atomic E-state index is -0.411. The molecule has 0 saturated heterocycles. The summed E-state index contributed by atoms with van der Waals surface area (Å²) in [7, 11) is 2.10. The third-order valence-electron chi connectivity index (χ3n) is 1.64. The number of rotatable bonds is 5. The van der Waals surface area contributed by atoms with Crippen molar-refractivity contribution in [2.75, 3.05) is 0 Å². The van der Waals surface area contributed by atoms with Gasteiger partial charge in [0.05, 0.1) is 5.60 Å². The molecule has 0 atom stereocenters. The Labute approximate surface area is 81.6 Å². The molecular weight excluding hydrogens is 163 g/mol. The van der Waals surface area contributed by atoms with E-state index in [0.717, 1.165) is 12.6 Å². The Kier molecular flexibility index (Phi) is 4.82. The van der Waals surface area contributed by atoms with Gasteiger partial charge in [0.1, 0.15) is 7.28 Å². The Morgan fingerprint density at radius 3 is 2.46 bits per heavy atom. The summed E-state index contributed by atoms with van der Waals surface area (Å²) in [6.45, 7) is 11.1.